The first-order valence-electron chi connectivity index (χ1n) is 10.3. The van der Waals surface area contributed by atoms with Crippen molar-refractivity contribution in [2.45, 2.75) is 32.7 Å². The van der Waals surface area contributed by atoms with Crippen molar-refractivity contribution in [3.05, 3.63) is 83.7 Å². The third-order valence-electron chi connectivity index (χ3n) is 4.69. The van der Waals surface area contributed by atoms with Gasteiger partial charge < -0.3 is 24.1 Å². The van der Waals surface area contributed by atoms with Crippen LogP contribution in [0.15, 0.2) is 66.9 Å². The van der Waals surface area contributed by atoms with E-state index in [9.17, 15) is 14.7 Å². The van der Waals surface area contributed by atoms with E-state index in [-0.39, 0.29) is 17.1 Å². The van der Waals surface area contributed by atoms with Crippen LogP contribution in [-0.4, -0.2) is 35.2 Å². The summed E-state index contributed by atoms with van der Waals surface area (Å²) in [7, 11) is 1.25. The van der Waals surface area contributed by atoms with Gasteiger partial charge in [-0.3, -0.25) is 9.78 Å². The zero-order valence-corrected chi connectivity index (χ0v) is 18.6. The van der Waals surface area contributed by atoms with Crippen LogP contribution < -0.4 is 14.2 Å². The highest BCUT2D eigenvalue weighted by Gasteiger charge is 2.22. The van der Waals surface area contributed by atoms with Gasteiger partial charge in [0.1, 0.15) is 24.6 Å². The number of rotatable bonds is 9. The first kappa shape index (κ1) is 23.7. The Kier molecular flexibility index (Phi) is 7.99. The van der Waals surface area contributed by atoms with E-state index in [0.29, 0.717) is 18.1 Å². The molecule has 2 aromatic carbocycles. The number of benzene rings is 2. The minimum Gasteiger partial charge on any atom is -0.487 e. The Morgan fingerprint density at radius 3 is 2.42 bits per heavy atom. The van der Waals surface area contributed by atoms with Crippen LogP contribution in [0.5, 0.6) is 17.2 Å². The van der Waals surface area contributed by atoms with Gasteiger partial charge in [0.05, 0.1) is 24.6 Å². The molecule has 0 aliphatic rings. The second-order valence-electron chi connectivity index (χ2n) is 7.21. The summed E-state index contributed by atoms with van der Waals surface area (Å²) in [6.45, 7) is 3.29. The quantitative estimate of drug-likeness (QED) is 0.386. The van der Waals surface area contributed by atoms with Crippen LogP contribution in [0, 0.1) is 0 Å². The summed E-state index contributed by atoms with van der Waals surface area (Å²) < 4.78 is 21.4. The van der Waals surface area contributed by atoms with Crippen molar-refractivity contribution in [1.29, 1.82) is 0 Å². The lowest BCUT2D eigenvalue weighted by atomic mass is 10.1. The molecule has 0 saturated carbocycles. The maximum atomic E-state index is 11.8. The highest BCUT2D eigenvalue weighted by molar-refractivity contribution is 5.90. The summed E-state index contributed by atoms with van der Waals surface area (Å²) in [5, 5.41) is 10.7. The number of aliphatic hydroxyl groups excluding tert-OH is 1. The van der Waals surface area contributed by atoms with Gasteiger partial charge in [-0.05, 0) is 42.8 Å². The van der Waals surface area contributed by atoms with Crippen molar-refractivity contribution in [2.24, 2.45) is 0 Å². The van der Waals surface area contributed by atoms with Crippen LogP contribution >= 0.6 is 0 Å². The fourth-order valence-electron chi connectivity index (χ4n) is 2.98. The van der Waals surface area contributed by atoms with Crippen molar-refractivity contribution in [3.63, 3.8) is 0 Å². The molecule has 0 bridgehead atoms. The van der Waals surface area contributed by atoms with E-state index in [1.807, 2.05) is 30.3 Å². The van der Waals surface area contributed by atoms with Crippen molar-refractivity contribution in [1.82, 2.24) is 4.98 Å². The summed E-state index contributed by atoms with van der Waals surface area (Å²) in [5.74, 6) is -0.363. The summed E-state index contributed by atoms with van der Waals surface area (Å²) in [6.07, 6.45) is -0.283. The van der Waals surface area contributed by atoms with Gasteiger partial charge in [0.2, 0.25) is 0 Å². The molecule has 1 aromatic heterocycles. The molecule has 0 saturated heterocycles. The molecular formula is C25H25NO7. The molecule has 0 aliphatic heterocycles. The van der Waals surface area contributed by atoms with Crippen LogP contribution in [-0.2, 0) is 16.1 Å². The Morgan fingerprint density at radius 1 is 1.03 bits per heavy atom. The lowest BCUT2D eigenvalue weighted by Gasteiger charge is -2.22. The van der Waals surface area contributed by atoms with Gasteiger partial charge >= 0.3 is 11.9 Å². The molecule has 0 radical (unpaired) electrons. The molecule has 0 amide bonds. The monoisotopic (exact) mass is 451 g/mol. The van der Waals surface area contributed by atoms with Crippen LogP contribution in [0.4, 0.5) is 0 Å². The number of methoxy groups -OCH3 is 1. The maximum absolute atomic E-state index is 11.8. The lowest BCUT2D eigenvalue weighted by Crippen LogP contribution is -2.23. The van der Waals surface area contributed by atoms with Gasteiger partial charge in [0.15, 0.2) is 11.5 Å². The molecule has 0 aliphatic carbocycles. The third kappa shape index (κ3) is 6.54. The van der Waals surface area contributed by atoms with Gasteiger partial charge in [0, 0.05) is 6.92 Å². The number of hydrogen-bond donors (Lipinski definition) is 1. The predicted molar refractivity (Wildman–Crippen MR) is 119 cm³/mol. The van der Waals surface area contributed by atoms with E-state index in [1.54, 1.807) is 19.1 Å². The summed E-state index contributed by atoms with van der Waals surface area (Å²) in [6, 6.07) is 17.4. The Labute approximate surface area is 191 Å². The van der Waals surface area contributed by atoms with Crippen LogP contribution in [0.25, 0.3) is 0 Å². The van der Waals surface area contributed by atoms with Crippen molar-refractivity contribution < 1.29 is 33.6 Å². The Morgan fingerprint density at radius 2 is 1.79 bits per heavy atom. The smallest absolute Gasteiger partial charge is 0.337 e. The van der Waals surface area contributed by atoms with Crippen molar-refractivity contribution in [2.75, 3.05) is 7.11 Å². The molecule has 33 heavy (non-hydrogen) atoms. The molecule has 3 aromatic rings. The number of carbonyl (C=O) groups is 2. The van der Waals surface area contributed by atoms with Gasteiger partial charge in [-0.2, -0.15) is 0 Å². The number of ether oxygens (including phenoxy) is 4. The average Bonchev–Trinajstić information content (AvgIpc) is 2.83. The Balaban J connectivity index is 1.67. The first-order valence-corrected chi connectivity index (χ1v) is 10.3. The van der Waals surface area contributed by atoms with E-state index in [0.717, 1.165) is 5.56 Å². The minimum atomic E-state index is -1.07. The Hall–Kier alpha value is -3.91. The molecule has 0 fully saturated rings. The highest BCUT2D eigenvalue weighted by Crippen LogP contribution is 2.32. The molecule has 3 rings (SSSR count). The molecule has 8 nitrogen and oxygen atoms in total. The fraction of sp³-hybridized carbons (Fsp3) is 0.240. The number of esters is 2. The number of pyridine rings is 1. The highest BCUT2D eigenvalue weighted by atomic mass is 16.6. The number of carbonyl (C=O) groups excluding carboxylic acids is 2. The largest absolute Gasteiger partial charge is 0.487 e. The maximum Gasteiger partial charge on any atom is 0.337 e. The SMILES string of the molecule is COC(=O)c1ccc(OC(C)C(O)c2ccc(OCc3ccccc3)cn2)c(OC(C)=O)c1. The number of aromatic nitrogens is 1. The van der Waals surface area contributed by atoms with E-state index in [4.69, 9.17) is 14.2 Å². The van der Waals surface area contributed by atoms with Crippen molar-refractivity contribution >= 4 is 11.9 Å². The molecule has 1 N–H and O–H groups in total. The van der Waals surface area contributed by atoms with Gasteiger partial charge in [-0.15, -0.1) is 0 Å². The zero-order chi connectivity index (χ0) is 23.8. The molecule has 172 valence electrons. The predicted octanol–water partition coefficient (Wildman–Crippen LogP) is 3.87. The topological polar surface area (TPSA) is 104 Å². The average molecular weight is 451 g/mol. The number of hydrogen-bond acceptors (Lipinski definition) is 8. The molecular weight excluding hydrogens is 426 g/mol. The van der Waals surface area contributed by atoms with Crippen LogP contribution in [0.3, 0.4) is 0 Å². The molecule has 8 heteroatoms. The molecule has 2 atom stereocenters. The normalized spacial score (nSPS) is 12.4. The van der Waals surface area contributed by atoms with Crippen molar-refractivity contribution in [3.8, 4) is 17.2 Å². The van der Waals surface area contributed by atoms with Gasteiger partial charge in [0.25, 0.3) is 0 Å². The lowest BCUT2D eigenvalue weighted by molar-refractivity contribution is -0.132. The van der Waals surface area contributed by atoms with E-state index in [2.05, 4.69) is 9.72 Å². The first-order chi connectivity index (χ1) is 15.9. The zero-order valence-electron chi connectivity index (χ0n) is 18.6. The minimum absolute atomic E-state index is 0.0436. The summed E-state index contributed by atoms with van der Waals surface area (Å²) in [4.78, 5) is 27.5. The second-order valence-corrected chi connectivity index (χ2v) is 7.21. The summed E-state index contributed by atoms with van der Waals surface area (Å²) in [5.41, 5.74) is 1.61. The van der Waals surface area contributed by atoms with E-state index < -0.39 is 24.1 Å². The summed E-state index contributed by atoms with van der Waals surface area (Å²) >= 11 is 0. The molecule has 1 heterocycles. The third-order valence-corrected chi connectivity index (χ3v) is 4.69. The Bertz CT molecular complexity index is 1080. The number of nitrogens with zero attached hydrogens (tertiary/aromatic N) is 1. The standard InChI is InChI=1S/C25H25NO7/c1-16(32-22-12-9-19(25(29)30-3)13-23(22)33-17(2)27)24(28)21-11-10-20(14-26-21)31-15-18-7-5-4-6-8-18/h4-14,16,24,28H,15H2,1-3H3. The van der Waals surface area contributed by atoms with Crippen LogP contribution in [0.1, 0.15) is 41.6 Å². The van der Waals surface area contributed by atoms with Crippen LogP contribution in [0.2, 0.25) is 0 Å². The molecule has 0 spiro atoms. The van der Waals surface area contributed by atoms with E-state index in [1.165, 1.54) is 38.4 Å². The fourth-order valence-corrected chi connectivity index (χ4v) is 2.98. The second kappa shape index (κ2) is 11.1. The van der Waals surface area contributed by atoms with Gasteiger partial charge in [-0.25, -0.2) is 4.79 Å². The van der Waals surface area contributed by atoms with E-state index >= 15 is 0 Å². The number of aliphatic hydroxyl groups is 1. The van der Waals surface area contributed by atoms with Gasteiger partial charge in [-0.1, -0.05) is 30.3 Å². The molecule has 2 unspecified atom stereocenters.